The largest absolute Gasteiger partial charge is 0.299 e. The molecule has 14 heavy (non-hydrogen) atoms. The van der Waals surface area contributed by atoms with Crippen LogP contribution >= 0.6 is 11.6 Å². The molecule has 1 saturated carbocycles. The first-order valence-electron chi connectivity index (χ1n) is 4.84. The summed E-state index contributed by atoms with van der Waals surface area (Å²) < 4.78 is 0. The molecule has 0 radical (unpaired) electrons. The Hall–Kier alpha value is -0.890. The second-order valence-corrected chi connectivity index (χ2v) is 4.12. The van der Waals surface area contributed by atoms with Gasteiger partial charge in [0, 0.05) is 12.6 Å². The van der Waals surface area contributed by atoms with Gasteiger partial charge in [-0.1, -0.05) is 24.6 Å². The van der Waals surface area contributed by atoms with E-state index in [0.717, 1.165) is 18.4 Å². The summed E-state index contributed by atoms with van der Waals surface area (Å²) >= 11 is 5.70. The van der Waals surface area contributed by atoms with E-state index in [1.807, 2.05) is 13.0 Å². The minimum atomic E-state index is -0.216. The molecule has 0 aromatic carbocycles. The van der Waals surface area contributed by atoms with Gasteiger partial charge in [-0.25, -0.2) is 4.98 Å². The van der Waals surface area contributed by atoms with E-state index < -0.39 is 0 Å². The zero-order valence-electron chi connectivity index (χ0n) is 8.09. The quantitative estimate of drug-likeness (QED) is 0.717. The van der Waals surface area contributed by atoms with Gasteiger partial charge < -0.3 is 0 Å². The number of aromatic nitrogens is 1. The van der Waals surface area contributed by atoms with Gasteiger partial charge in [0.15, 0.2) is 0 Å². The Balaban J connectivity index is 2.31. The summed E-state index contributed by atoms with van der Waals surface area (Å²) in [6.07, 6.45) is 4.25. The smallest absolute Gasteiger partial charge is 0.143 e. The molecule has 74 valence electrons. The highest BCUT2D eigenvalue weighted by molar-refractivity contribution is 6.29. The number of ketones is 1. The summed E-state index contributed by atoms with van der Waals surface area (Å²) in [5.74, 6) is 0.321. The standard InChI is InChI=1S/C11H12ClNO/c1-2-9(14)11(5-6-11)8-3-4-10(12)13-7-8/h3-4,7H,2,5-6H2,1H3. The fourth-order valence-corrected chi connectivity index (χ4v) is 1.96. The monoisotopic (exact) mass is 209 g/mol. The molecule has 1 aromatic rings. The highest BCUT2D eigenvalue weighted by Crippen LogP contribution is 2.49. The van der Waals surface area contributed by atoms with Crippen LogP contribution in [-0.2, 0) is 10.2 Å². The minimum Gasteiger partial charge on any atom is -0.299 e. The topological polar surface area (TPSA) is 30.0 Å². The third-order valence-electron chi connectivity index (χ3n) is 2.88. The van der Waals surface area contributed by atoms with E-state index in [2.05, 4.69) is 4.98 Å². The first-order chi connectivity index (χ1) is 6.69. The molecule has 1 heterocycles. The third kappa shape index (κ3) is 1.44. The van der Waals surface area contributed by atoms with Gasteiger partial charge in [-0.3, -0.25) is 4.79 Å². The van der Waals surface area contributed by atoms with Gasteiger partial charge in [-0.05, 0) is 24.5 Å². The molecule has 3 heteroatoms. The molecule has 0 amide bonds. The molecule has 2 rings (SSSR count). The Morgan fingerprint density at radius 1 is 1.57 bits per heavy atom. The van der Waals surface area contributed by atoms with Crippen molar-refractivity contribution in [2.24, 2.45) is 0 Å². The molecule has 0 bridgehead atoms. The van der Waals surface area contributed by atoms with Crippen LogP contribution in [0.5, 0.6) is 0 Å². The van der Waals surface area contributed by atoms with Crippen molar-refractivity contribution in [1.29, 1.82) is 0 Å². The SMILES string of the molecule is CCC(=O)C1(c2ccc(Cl)nc2)CC1. The Bertz CT molecular complexity index is 354. The van der Waals surface area contributed by atoms with Crippen LogP contribution in [0.3, 0.4) is 0 Å². The van der Waals surface area contributed by atoms with E-state index in [-0.39, 0.29) is 5.41 Å². The van der Waals surface area contributed by atoms with Crippen LogP contribution in [0, 0.1) is 0 Å². The normalized spacial score (nSPS) is 17.9. The van der Waals surface area contributed by atoms with Crippen LogP contribution in [-0.4, -0.2) is 10.8 Å². The second-order valence-electron chi connectivity index (χ2n) is 3.73. The Morgan fingerprint density at radius 2 is 2.29 bits per heavy atom. The number of rotatable bonds is 3. The fourth-order valence-electron chi connectivity index (χ4n) is 1.85. The Morgan fingerprint density at radius 3 is 2.71 bits per heavy atom. The molecule has 1 fully saturated rings. The Kier molecular flexibility index (Phi) is 2.31. The van der Waals surface area contributed by atoms with Gasteiger partial charge in [0.1, 0.15) is 10.9 Å². The summed E-state index contributed by atoms with van der Waals surface area (Å²) in [7, 11) is 0. The lowest BCUT2D eigenvalue weighted by Crippen LogP contribution is -2.19. The van der Waals surface area contributed by atoms with Gasteiger partial charge in [-0.15, -0.1) is 0 Å². The summed E-state index contributed by atoms with van der Waals surface area (Å²) in [5, 5.41) is 0.480. The molecule has 1 aliphatic rings. The minimum absolute atomic E-state index is 0.216. The predicted octanol–water partition coefficient (Wildman–Crippen LogP) is 2.75. The summed E-state index contributed by atoms with van der Waals surface area (Å²) in [6.45, 7) is 1.91. The first kappa shape index (κ1) is 9.66. The van der Waals surface area contributed by atoms with E-state index in [1.54, 1.807) is 12.3 Å². The summed E-state index contributed by atoms with van der Waals surface area (Å²) in [6, 6.07) is 3.66. The highest BCUT2D eigenvalue weighted by atomic mass is 35.5. The molecule has 0 unspecified atom stereocenters. The van der Waals surface area contributed by atoms with Crippen molar-refractivity contribution in [2.75, 3.05) is 0 Å². The summed E-state index contributed by atoms with van der Waals surface area (Å²) in [5.41, 5.74) is 0.806. The molecular weight excluding hydrogens is 198 g/mol. The van der Waals surface area contributed by atoms with Crippen LogP contribution in [0.4, 0.5) is 0 Å². The van der Waals surface area contributed by atoms with Crippen LogP contribution in [0.2, 0.25) is 5.15 Å². The third-order valence-corrected chi connectivity index (χ3v) is 3.11. The molecular formula is C11H12ClNO. The number of hydrogen-bond donors (Lipinski definition) is 0. The molecule has 1 aliphatic carbocycles. The molecule has 0 atom stereocenters. The number of hydrogen-bond acceptors (Lipinski definition) is 2. The highest BCUT2D eigenvalue weighted by Gasteiger charge is 2.49. The van der Waals surface area contributed by atoms with Crippen LogP contribution in [0.1, 0.15) is 31.7 Å². The van der Waals surface area contributed by atoms with E-state index in [9.17, 15) is 4.79 Å². The van der Waals surface area contributed by atoms with Crippen LogP contribution < -0.4 is 0 Å². The number of pyridine rings is 1. The number of halogens is 1. The second kappa shape index (κ2) is 3.35. The zero-order valence-corrected chi connectivity index (χ0v) is 8.84. The van der Waals surface area contributed by atoms with Crippen LogP contribution in [0.25, 0.3) is 0 Å². The van der Waals surface area contributed by atoms with E-state index in [4.69, 9.17) is 11.6 Å². The number of Topliss-reactive ketones (excluding diaryl/α,β-unsaturated/α-hetero) is 1. The fraction of sp³-hybridized carbons (Fsp3) is 0.455. The average Bonchev–Trinajstić information content (AvgIpc) is 2.99. The van der Waals surface area contributed by atoms with Crippen molar-refractivity contribution in [3.8, 4) is 0 Å². The first-order valence-corrected chi connectivity index (χ1v) is 5.22. The Labute approximate surface area is 88.3 Å². The van der Waals surface area contributed by atoms with Gasteiger partial charge in [0.25, 0.3) is 0 Å². The van der Waals surface area contributed by atoms with Crippen molar-refractivity contribution in [3.05, 3.63) is 29.0 Å². The molecule has 2 nitrogen and oxygen atoms in total. The van der Waals surface area contributed by atoms with Crippen molar-refractivity contribution in [2.45, 2.75) is 31.6 Å². The van der Waals surface area contributed by atoms with Crippen molar-refractivity contribution >= 4 is 17.4 Å². The zero-order chi connectivity index (χ0) is 10.2. The van der Waals surface area contributed by atoms with E-state index in [1.165, 1.54) is 0 Å². The van der Waals surface area contributed by atoms with Gasteiger partial charge in [0.2, 0.25) is 0 Å². The van der Waals surface area contributed by atoms with E-state index >= 15 is 0 Å². The number of carbonyl (C=O) groups is 1. The maximum atomic E-state index is 11.7. The number of nitrogens with zero attached hydrogens (tertiary/aromatic N) is 1. The van der Waals surface area contributed by atoms with Crippen molar-refractivity contribution in [1.82, 2.24) is 4.98 Å². The van der Waals surface area contributed by atoms with Gasteiger partial charge in [0.05, 0.1) is 5.41 Å². The molecule has 0 saturated heterocycles. The molecule has 0 spiro atoms. The summed E-state index contributed by atoms with van der Waals surface area (Å²) in [4.78, 5) is 15.7. The average molecular weight is 210 g/mol. The van der Waals surface area contributed by atoms with Crippen molar-refractivity contribution < 1.29 is 4.79 Å². The lowest BCUT2D eigenvalue weighted by atomic mass is 9.91. The van der Waals surface area contributed by atoms with Crippen LogP contribution in [0.15, 0.2) is 18.3 Å². The molecule has 0 aliphatic heterocycles. The lowest BCUT2D eigenvalue weighted by molar-refractivity contribution is -0.121. The van der Waals surface area contributed by atoms with Crippen molar-refractivity contribution in [3.63, 3.8) is 0 Å². The predicted molar refractivity (Wildman–Crippen MR) is 55.5 cm³/mol. The van der Waals surface area contributed by atoms with Gasteiger partial charge >= 0.3 is 0 Å². The maximum absolute atomic E-state index is 11.7. The van der Waals surface area contributed by atoms with Gasteiger partial charge in [-0.2, -0.15) is 0 Å². The maximum Gasteiger partial charge on any atom is 0.143 e. The number of carbonyl (C=O) groups excluding carboxylic acids is 1. The molecule has 1 aromatic heterocycles. The lowest BCUT2D eigenvalue weighted by Gasteiger charge is -2.12. The van der Waals surface area contributed by atoms with E-state index in [0.29, 0.717) is 17.4 Å². The molecule has 0 N–H and O–H groups in total.